The Morgan fingerprint density at radius 1 is 1.14 bits per heavy atom. The van der Waals surface area contributed by atoms with Crippen molar-refractivity contribution in [3.8, 4) is 0 Å². The van der Waals surface area contributed by atoms with Crippen LogP contribution in [0.3, 0.4) is 0 Å². The van der Waals surface area contributed by atoms with E-state index < -0.39 is 0 Å². The van der Waals surface area contributed by atoms with Crippen LogP contribution in [0.5, 0.6) is 0 Å². The first-order valence-electron chi connectivity index (χ1n) is 9.62. The maximum Gasteiger partial charge on any atom is 0.224 e. The number of nitrogens with zero attached hydrogens (tertiary/aromatic N) is 3. The van der Waals surface area contributed by atoms with Gasteiger partial charge in [0.25, 0.3) is 0 Å². The molecule has 29 heavy (non-hydrogen) atoms. The van der Waals surface area contributed by atoms with E-state index in [0.717, 1.165) is 48.8 Å². The molecule has 1 aliphatic heterocycles. The highest BCUT2D eigenvalue weighted by Crippen LogP contribution is 2.22. The Morgan fingerprint density at radius 2 is 1.76 bits per heavy atom. The van der Waals surface area contributed by atoms with Crippen LogP contribution in [0.2, 0.25) is 0 Å². The molecule has 0 aliphatic carbocycles. The molecule has 1 aromatic heterocycles. The molecule has 6 nitrogen and oxygen atoms in total. The first-order valence-corrected chi connectivity index (χ1v) is 9.62. The van der Waals surface area contributed by atoms with E-state index in [2.05, 4.69) is 20.2 Å². The molecule has 160 valence electrons. The Bertz CT molecular complexity index is 762. The predicted molar refractivity (Wildman–Crippen MR) is 122 cm³/mol. The van der Waals surface area contributed by atoms with Gasteiger partial charge in [-0.15, -0.1) is 24.8 Å². The number of anilines is 1. The minimum Gasteiger partial charge on any atom is -0.356 e. The van der Waals surface area contributed by atoms with Crippen molar-refractivity contribution in [2.24, 2.45) is 11.7 Å². The Balaban J connectivity index is 0.00000210. The first kappa shape index (κ1) is 25.1. The van der Waals surface area contributed by atoms with Crippen molar-refractivity contribution < 1.29 is 4.79 Å². The second kappa shape index (κ2) is 11.3. The van der Waals surface area contributed by atoms with Gasteiger partial charge in [-0.2, -0.15) is 0 Å². The van der Waals surface area contributed by atoms with E-state index in [1.165, 1.54) is 0 Å². The maximum absolute atomic E-state index is 12.6. The Hall–Kier alpha value is -1.89. The van der Waals surface area contributed by atoms with Gasteiger partial charge in [-0.25, -0.2) is 9.97 Å². The Labute approximate surface area is 185 Å². The minimum absolute atomic E-state index is 0. The van der Waals surface area contributed by atoms with Crippen LogP contribution in [0.25, 0.3) is 0 Å². The maximum atomic E-state index is 12.6. The van der Waals surface area contributed by atoms with Gasteiger partial charge in [-0.1, -0.05) is 37.3 Å². The molecular weight excluding hydrogens is 409 g/mol. The van der Waals surface area contributed by atoms with E-state index >= 15 is 0 Å². The van der Waals surface area contributed by atoms with Crippen LogP contribution in [-0.2, 0) is 4.79 Å². The smallest absolute Gasteiger partial charge is 0.224 e. The molecular formula is C21H31Cl2N5O. The summed E-state index contributed by atoms with van der Waals surface area (Å²) < 4.78 is 0. The second-order valence-electron chi connectivity index (χ2n) is 7.41. The number of piperidine rings is 1. The monoisotopic (exact) mass is 439 g/mol. The number of carbonyl (C=O) groups is 1. The van der Waals surface area contributed by atoms with Crippen molar-refractivity contribution >= 4 is 36.5 Å². The lowest BCUT2D eigenvalue weighted by Crippen LogP contribution is -2.47. The van der Waals surface area contributed by atoms with E-state index in [4.69, 9.17) is 5.73 Å². The van der Waals surface area contributed by atoms with Crippen LogP contribution in [0.4, 0.5) is 5.82 Å². The molecule has 0 radical (unpaired) electrons. The van der Waals surface area contributed by atoms with Crippen LogP contribution in [0.15, 0.2) is 36.4 Å². The summed E-state index contributed by atoms with van der Waals surface area (Å²) in [7, 11) is 0. The number of hydrogen-bond donors (Lipinski definition) is 2. The summed E-state index contributed by atoms with van der Waals surface area (Å²) >= 11 is 0. The average Bonchev–Trinajstić information content (AvgIpc) is 2.67. The summed E-state index contributed by atoms with van der Waals surface area (Å²) in [4.78, 5) is 23.8. The van der Waals surface area contributed by atoms with Gasteiger partial charge >= 0.3 is 0 Å². The highest BCUT2D eigenvalue weighted by atomic mass is 35.5. The summed E-state index contributed by atoms with van der Waals surface area (Å²) in [6.07, 6.45) is 1.81. The average molecular weight is 440 g/mol. The fraction of sp³-hybridized carbons (Fsp3) is 0.476. The lowest BCUT2D eigenvalue weighted by Gasteiger charge is -2.34. The zero-order chi connectivity index (χ0) is 19.4. The van der Waals surface area contributed by atoms with E-state index in [1.54, 1.807) is 0 Å². The van der Waals surface area contributed by atoms with Crippen molar-refractivity contribution in [2.45, 2.75) is 45.7 Å². The normalized spacial score (nSPS) is 16.2. The number of rotatable bonds is 5. The van der Waals surface area contributed by atoms with Gasteiger partial charge in [0.1, 0.15) is 11.6 Å². The SMILES string of the molecule is Cc1cc(N2CCC(NC(=O)C(C)C(N)c3ccccc3)CC2)nc(C)n1.Cl.Cl. The molecule has 8 heteroatoms. The number of nitrogens with one attached hydrogen (secondary N) is 1. The van der Waals surface area contributed by atoms with Gasteiger partial charge in [-0.05, 0) is 32.3 Å². The van der Waals surface area contributed by atoms with Gasteiger partial charge < -0.3 is 16.0 Å². The number of halogens is 2. The van der Waals surface area contributed by atoms with Crippen LogP contribution in [0, 0.1) is 19.8 Å². The number of aryl methyl sites for hydroxylation is 2. The quantitative estimate of drug-likeness (QED) is 0.745. The number of benzene rings is 1. The van der Waals surface area contributed by atoms with Crippen LogP contribution in [-0.4, -0.2) is 35.0 Å². The third-order valence-corrected chi connectivity index (χ3v) is 5.25. The molecule has 1 saturated heterocycles. The van der Waals surface area contributed by atoms with Crippen LogP contribution in [0.1, 0.15) is 42.9 Å². The molecule has 1 fully saturated rings. The highest BCUT2D eigenvalue weighted by molar-refractivity contribution is 5.85. The number of amides is 1. The minimum atomic E-state index is -0.293. The zero-order valence-electron chi connectivity index (χ0n) is 17.2. The largest absolute Gasteiger partial charge is 0.356 e. The second-order valence-corrected chi connectivity index (χ2v) is 7.41. The van der Waals surface area contributed by atoms with Gasteiger partial charge in [-0.3, -0.25) is 4.79 Å². The lowest BCUT2D eigenvalue weighted by atomic mass is 9.94. The Morgan fingerprint density at radius 3 is 2.34 bits per heavy atom. The summed E-state index contributed by atoms with van der Waals surface area (Å²) in [6.45, 7) is 7.55. The third-order valence-electron chi connectivity index (χ3n) is 5.25. The fourth-order valence-electron chi connectivity index (χ4n) is 3.57. The summed E-state index contributed by atoms with van der Waals surface area (Å²) in [5.74, 6) is 1.53. The van der Waals surface area contributed by atoms with Crippen LogP contribution >= 0.6 is 24.8 Å². The molecule has 1 amide bonds. The zero-order valence-corrected chi connectivity index (χ0v) is 18.8. The fourth-order valence-corrected chi connectivity index (χ4v) is 3.57. The summed E-state index contributed by atoms with van der Waals surface area (Å²) in [5, 5.41) is 3.19. The first-order chi connectivity index (χ1) is 12.9. The van der Waals surface area contributed by atoms with E-state index in [-0.39, 0.29) is 48.7 Å². The molecule has 3 rings (SSSR count). The lowest BCUT2D eigenvalue weighted by molar-refractivity contribution is -0.126. The Kier molecular flexibility index (Phi) is 9.83. The number of hydrogen-bond acceptors (Lipinski definition) is 5. The molecule has 1 aromatic carbocycles. The van der Waals surface area contributed by atoms with E-state index in [0.29, 0.717) is 0 Å². The summed E-state index contributed by atoms with van der Waals surface area (Å²) in [5.41, 5.74) is 8.26. The van der Waals surface area contributed by atoms with Gasteiger partial charge in [0.2, 0.25) is 5.91 Å². The van der Waals surface area contributed by atoms with Gasteiger partial charge in [0, 0.05) is 36.9 Å². The number of nitrogens with two attached hydrogens (primary N) is 1. The number of carbonyl (C=O) groups excluding carboxylic acids is 1. The van der Waals surface area contributed by atoms with Crippen LogP contribution < -0.4 is 16.0 Å². The van der Waals surface area contributed by atoms with Crippen molar-refractivity contribution in [1.82, 2.24) is 15.3 Å². The van der Waals surface area contributed by atoms with E-state index in [9.17, 15) is 4.79 Å². The van der Waals surface area contributed by atoms with Crippen molar-refractivity contribution in [1.29, 1.82) is 0 Å². The molecule has 1 aliphatic rings. The van der Waals surface area contributed by atoms with E-state index in [1.807, 2.05) is 57.2 Å². The van der Waals surface area contributed by atoms with Gasteiger partial charge in [0.15, 0.2) is 0 Å². The molecule has 0 saturated carbocycles. The molecule has 0 spiro atoms. The number of aromatic nitrogens is 2. The molecule has 2 heterocycles. The van der Waals surface area contributed by atoms with Crippen molar-refractivity contribution in [2.75, 3.05) is 18.0 Å². The topological polar surface area (TPSA) is 84.1 Å². The van der Waals surface area contributed by atoms with Crippen molar-refractivity contribution in [3.63, 3.8) is 0 Å². The standard InChI is InChI=1S/C21H29N5O.2ClH/c1-14-13-19(24-16(3)23-14)26-11-9-18(10-12-26)25-21(27)15(2)20(22)17-7-5-4-6-8-17;;/h4-8,13,15,18,20H,9-12,22H2,1-3H3,(H,25,27);2*1H. The summed E-state index contributed by atoms with van der Waals surface area (Å²) in [6, 6.07) is 11.7. The van der Waals surface area contributed by atoms with Gasteiger partial charge in [0.05, 0.1) is 5.92 Å². The third kappa shape index (κ3) is 6.56. The molecule has 2 aromatic rings. The predicted octanol–water partition coefficient (Wildman–Crippen LogP) is 3.36. The molecule has 0 bridgehead atoms. The van der Waals surface area contributed by atoms with Crippen molar-refractivity contribution in [3.05, 3.63) is 53.5 Å². The highest BCUT2D eigenvalue weighted by Gasteiger charge is 2.26. The molecule has 2 atom stereocenters. The molecule has 2 unspecified atom stereocenters. The molecule has 3 N–H and O–H groups in total.